The summed E-state index contributed by atoms with van der Waals surface area (Å²) >= 11 is 1.64. The molecule has 30 heavy (non-hydrogen) atoms. The number of carbonyl (C=O) groups excluding carboxylic acids is 1. The quantitative estimate of drug-likeness (QED) is 0.697. The molecule has 0 unspecified atom stereocenters. The second-order valence-corrected chi connectivity index (χ2v) is 8.83. The number of H-pyrrole nitrogens is 1. The first kappa shape index (κ1) is 19.0. The van der Waals surface area contributed by atoms with Gasteiger partial charge in [-0.1, -0.05) is 5.21 Å². The molecule has 3 aromatic rings. The minimum atomic E-state index is -0.0445. The van der Waals surface area contributed by atoms with Gasteiger partial charge in [-0.2, -0.15) is 16.6 Å². The molecule has 9 heteroatoms. The molecular formula is C21H22N6O2S. The lowest BCUT2D eigenvalue weighted by atomic mass is 9.77. The molecule has 1 aliphatic carbocycles. The van der Waals surface area contributed by atoms with Gasteiger partial charge in [-0.05, 0) is 42.2 Å². The summed E-state index contributed by atoms with van der Waals surface area (Å²) in [6.07, 6.45) is 5.39. The maximum atomic E-state index is 12.9. The van der Waals surface area contributed by atoms with Gasteiger partial charge in [0.2, 0.25) is 0 Å². The summed E-state index contributed by atoms with van der Waals surface area (Å²) in [4.78, 5) is 17.7. The van der Waals surface area contributed by atoms with Crippen LogP contribution >= 0.6 is 11.3 Å². The number of aromatic amines is 1. The first-order valence-corrected chi connectivity index (χ1v) is 11.0. The summed E-state index contributed by atoms with van der Waals surface area (Å²) in [6.45, 7) is 1.43. The lowest BCUT2D eigenvalue weighted by molar-refractivity contribution is -0.00545. The molecule has 1 saturated heterocycles. The lowest BCUT2D eigenvalue weighted by Gasteiger charge is -2.36. The zero-order valence-corrected chi connectivity index (χ0v) is 17.4. The normalized spacial score (nSPS) is 25.8. The summed E-state index contributed by atoms with van der Waals surface area (Å²) in [5.41, 5.74) is 2.90. The van der Waals surface area contributed by atoms with E-state index < -0.39 is 0 Å². The van der Waals surface area contributed by atoms with E-state index in [9.17, 15) is 4.79 Å². The molecule has 4 atom stereocenters. The van der Waals surface area contributed by atoms with E-state index in [-0.39, 0.29) is 18.1 Å². The molecule has 1 amide bonds. The zero-order valence-electron chi connectivity index (χ0n) is 16.6. The second-order valence-electron chi connectivity index (χ2n) is 8.05. The van der Waals surface area contributed by atoms with Crippen LogP contribution < -0.4 is 0 Å². The Balaban J connectivity index is 1.32. The van der Waals surface area contributed by atoms with Gasteiger partial charge in [-0.25, -0.2) is 4.68 Å². The van der Waals surface area contributed by atoms with Crippen molar-refractivity contribution in [3.8, 4) is 17.3 Å². The number of rotatable bonds is 4. The number of nitrogens with one attached hydrogen (secondary N) is 1. The van der Waals surface area contributed by atoms with E-state index in [1.54, 1.807) is 30.7 Å². The fraction of sp³-hybridized carbons (Fsp3) is 0.429. The smallest absolute Gasteiger partial charge is 0.270 e. The van der Waals surface area contributed by atoms with Crippen LogP contribution in [0.25, 0.3) is 11.3 Å². The summed E-state index contributed by atoms with van der Waals surface area (Å²) in [5, 5.41) is 21.8. The van der Waals surface area contributed by atoms with Gasteiger partial charge in [0.25, 0.3) is 5.91 Å². The monoisotopic (exact) mass is 422 g/mol. The zero-order chi connectivity index (χ0) is 20.7. The predicted octanol–water partition coefficient (Wildman–Crippen LogP) is 2.94. The van der Waals surface area contributed by atoms with Gasteiger partial charge in [0.1, 0.15) is 17.5 Å². The van der Waals surface area contributed by atoms with Crippen LogP contribution in [0.5, 0.6) is 0 Å². The van der Waals surface area contributed by atoms with E-state index in [2.05, 4.69) is 26.7 Å². The maximum Gasteiger partial charge on any atom is 0.270 e. The van der Waals surface area contributed by atoms with Crippen molar-refractivity contribution in [2.24, 2.45) is 11.8 Å². The third-order valence-electron chi connectivity index (χ3n) is 6.38. The fourth-order valence-corrected chi connectivity index (χ4v) is 5.47. The molecule has 154 valence electrons. The Kier molecular flexibility index (Phi) is 4.89. The van der Waals surface area contributed by atoms with Crippen molar-refractivity contribution in [1.82, 2.24) is 24.9 Å². The Bertz CT molecular complexity index is 1080. The van der Waals surface area contributed by atoms with Crippen LogP contribution in [0, 0.1) is 23.2 Å². The number of hydrogen-bond acceptors (Lipinski definition) is 6. The molecule has 1 aliphatic heterocycles. The molecule has 1 saturated carbocycles. The number of aromatic nitrogens is 4. The minimum absolute atomic E-state index is 0.0361. The van der Waals surface area contributed by atoms with E-state index in [0.29, 0.717) is 36.2 Å². The van der Waals surface area contributed by atoms with Crippen molar-refractivity contribution >= 4 is 17.2 Å². The standard InChI is InChI=1S/C21H22N6O2S/c1-29-20-6-16-10-26(21(28)17-4-13(7-22)8-23-17)9-15(16)5-19(20)27-11-18(24-25-27)14-2-3-30-12-14/h2-4,8,11-12,15-16,19-20,23H,5-6,9-10H2,1H3/t15-,16+,19-,20-/m1/s1. The van der Waals surface area contributed by atoms with Crippen molar-refractivity contribution in [3.63, 3.8) is 0 Å². The number of hydrogen-bond donors (Lipinski definition) is 1. The van der Waals surface area contributed by atoms with Crippen molar-refractivity contribution in [3.05, 3.63) is 46.5 Å². The van der Waals surface area contributed by atoms with E-state index in [1.807, 2.05) is 27.2 Å². The highest BCUT2D eigenvalue weighted by Gasteiger charge is 2.45. The fourth-order valence-electron chi connectivity index (χ4n) is 4.82. The largest absolute Gasteiger partial charge is 0.379 e. The Morgan fingerprint density at radius 1 is 1.37 bits per heavy atom. The van der Waals surface area contributed by atoms with Crippen LogP contribution in [0.2, 0.25) is 0 Å². The van der Waals surface area contributed by atoms with Crippen molar-refractivity contribution in [1.29, 1.82) is 5.26 Å². The maximum absolute atomic E-state index is 12.9. The minimum Gasteiger partial charge on any atom is -0.379 e. The Labute approximate surface area is 178 Å². The Morgan fingerprint density at radius 3 is 2.90 bits per heavy atom. The summed E-state index contributed by atoms with van der Waals surface area (Å²) < 4.78 is 7.77. The highest BCUT2D eigenvalue weighted by Crippen LogP contribution is 2.42. The van der Waals surface area contributed by atoms with Crippen LogP contribution in [0.4, 0.5) is 0 Å². The molecule has 0 radical (unpaired) electrons. The van der Waals surface area contributed by atoms with Gasteiger partial charge >= 0.3 is 0 Å². The first-order chi connectivity index (χ1) is 14.7. The molecular weight excluding hydrogens is 400 g/mol. The number of ether oxygens (including phenoxy) is 1. The number of amides is 1. The lowest BCUT2D eigenvalue weighted by Crippen LogP contribution is -2.37. The van der Waals surface area contributed by atoms with E-state index in [1.165, 1.54) is 0 Å². The van der Waals surface area contributed by atoms with Gasteiger partial charge in [-0.15, -0.1) is 5.10 Å². The topological polar surface area (TPSA) is 99.8 Å². The molecule has 4 heterocycles. The second kappa shape index (κ2) is 7.70. The van der Waals surface area contributed by atoms with Crippen molar-refractivity contribution < 1.29 is 9.53 Å². The SMILES string of the molecule is CO[C@@H]1C[C@H]2CN(C(=O)c3cc(C#N)c[nH]3)C[C@H]2C[C@H]1n1cc(-c2ccsc2)nn1. The number of carbonyl (C=O) groups is 1. The molecule has 0 bridgehead atoms. The van der Waals surface area contributed by atoms with Gasteiger partial charge < -0.3 is 14.6 Å². The van der Waals surface area contributed by atoms with Crippen LogP contribution in [-0.4, -0.2) is 57.1 Å². The average Bonchev–Trinajstić information content (AvgIpc) is 3.56. The molecule has 1 N–H and O–H groups in total. The van der Waals surface area contributed by atoms with E-state index in [4.69, 9.17) is 10.00 Å². The third-order valence-corrected chi connectivity index (χ3v) is 7.07. The van der Waals surface area contributed by atoms with Gasteiger partial charge in [0, 0.05) is 37.3 Å². The summed E-state index contributed by atoms with van der Waals surface area (Å²) in [5.74, 6) is 0.752. The van der Waals surface area contributed by atoms with E-state index in [0.717, 1.165) is 24.1 Å². The molecule has 2 aliphatic rings. The molecule has 0 spiro atoms. The number of nitrogens with zero attached hydrogens (tertiary/aromatic N) is 5. The summed E-state index contributed by atoms with van der Waals surface area (Å²) in [6, 6.07) is 5.82. The van der Waals surface area contributed by atoms with Gasteiger partial charge in [0.05, 0.1) is 23.9 Å². The number of fused-ring (bicyclic) bond motifs is 1. The third kappa shape index (κ3) is 3.32. The van der Waals surface area contributed by atoms with Crippen LogP contribution in [0.1, 0.15) is 34.9 Å². The molecule has 3 aromatic heterocycles. The molecule has 5 rings (SSSR count). The van der Waals surface area contributed by atoms with Crippen LogP contribution in [0.15, 0.2) is 35.3 Å². The number of thiophene rings is 1. The average molecular weight is 423 g/mol. The van der Waals surface area contributed by atoms with Gasteiger partial charge in [0.15, 0.2) is 0 Å². The van der Waals surface area contributed by atoms with Crippen LogP contribution in [-0.2, 0) is 4.74 Å². The molecule has 8 nitrogen and oxygen atoms in total. The highest BCUT2D eigenvalue weighted by molar-refractivity contribution is 7.08. The van der Waals surface area contributed by atoms with Crippen LogP contribution in [0.3, 0.4) is 0 Å². The number of likely N-dealkylation sites (tertiary alicyclic amines) is 1. The van der Waals surface area contributed by atoms with Crippen molar-refractivity contribution in [2.75, 3.05) is 20.2 Å². The summed E-state index contributed by atoms with van der Waals surface area (Å²) in [7, 11) is 1.74. The Morgan fingerprint density at radius 2 is 2.20 bits per heavy atom. The highest BCUT2D eigenvalue weighted by atomic mass is 32.1. The first-order valence-electron chi connectivity index (χ1n) is 10.0. The number of nitriles is 1. The van der Waals surface area contributed by atoms with Gasteiger partial charge in [-0.3, -0.25) is 4.79 Å². The van der Waals surface area contributed by atoms with Crippen molar-refractivity contribution in [2.45, 2.75) is 25.0 Å². The number of methoxy groups -OCH3 is 1. The molecule has 2 fully saturated rings. The molecule has 0 aromatic carbocycles. The predicted molar refractivity (Wildman–Crippen MR) is 111 cm³/mol. The Hall–Kier alpha value is -2.96. The van der Waals surface area contributed by atoms with E-state index >= 15 is 0 Å².